The van der Waals surface area contributed by atoms with Gasteiger partial charge in [0.2, 0.25) is 5.89 Å². The molecule has 0 amide bonds. The summed E-state index contributed by atoms with van der Waals surface area (Å²) < 4.78 is 5.44. The van der Waals surface area contributed by atoms with Crippen molar-refractivity contribution in [1.82, 2.24) is 20.5 Å². The molecule has 2 aromatic heterocycles. The Hall–Kier alpha value is -1.47. The number of nitrogens with one attached hydrogen (secondary N) is 2. The Balaban J connectivity index is 1.49. The summed E-state index contributed by atoms with van der Waals surface area (Å²) in [6.45, 7) is 1.26. The van der Waals surface area contributed by atoms with E-state index in [0.717, 1.165) is 5.69 Å². The van der Waals surface area contributed by atoms with Gasteiger partial charge in [-0.2, -0.15) is 0 Å². The van der Waals surface area contributed by atoms with Gasteiger partial charge < -0.3 is 15.1 Å². The van der Waals surface area contributed by atoms with E-state index in [2.05, 4.69) is 25.8 Å². The highest BCUT2D eigenvalue weighted by molar-refractivity contribution is 7.07. The lowest BCUT2D eigenvalue weighted by Gasteiger charge is -1.97. The van der Waals surface area contributed by atoms with Crippen LogP contribution in [0.2, 0.25) is 0 Å². The van der Waals surface area contributed by atoms with Crippen LogP contribution in [0.4, 0.5) is 6.01 Å². The van der Waals surface area contributed by atoms with E-state index in [1.165, 1.54) is 12.8 Å². The van der Waals surface area contributed by atoms with Gasteiger partial charge in [-0.1, -0.05) is 5.10 Å². The first kappa shape index (κ1) is 10.7. The van der Waals surface area contributed by atoms with E-state index in [1.807, 2.05) is 5.38 Å². The molecular weight excluding hydrogens is 238 g/mol. The fraction of sp³-hybridized carbons (Fsp3) is 0.500. The Morgan fingerprint density at radius 3 is 3.06 bits per heavy atom. The summed E-state index contributed by atoms with van der Waals surface area (Å²) in [5, 5.41) is 16.2. The monoisotopic (exact) mass is 251 g/mol. The molecule has 17 heavy (non-hydrogen) atoms. The van der Waals surface area contributed by atoms with Crippen LogP contribution in [-0.4, -0.2) is 21.2 Å². The van der Waals surface area contributed by atoms with Crippen molar-refractivity contribution < 1.29 is 4.42 Å². The summed E-state index contributed by atoms with van der Waals surface area (Å²) in [6.07, 6.45) is 2.51. The number of thiazole rings is 1. The molecule has 1 aliphatic rings. The van der Waals surface area contributed by atoms with Crippen molar-refractivity contribution in [2.75, 3.05) is 5.32 Å². The van der Waals surface area contributed by atoms with Gasteiger partial charge in [0.1, 0.15) is 0 Å². The predicted octanol–water partition coefficient (Wildman–Crippen LogP) is 1.39. The molecule has 90 valence electrons. The summed E-state index contributed by atoms with van der Waals surface area (Å²) in [7, 11) is 0. The number of aromatic nitrogens is 3. The lowest BCUT2D eigenvalue weighted by Crippen LogP contribution is -2.15. The maximum absolute atomic E-state index is 5.44. The zero-order valence-electron chi connectivity index (χ0n) is 9.22. The minimum Gasteiger partial charge on any atom is -0.407 e. The average molecular weight is 251 g/mol. The fourth-order valence-electron chi connectivity index (χ4n) is 1.41. The van der Waals surface area contributed by atoms with Crippen molar-refractivity contribution in [3.8, 4) is 0 Å². The Morgan fingerprint density at radius 1 is 1.35 bits per heavy atom. The third-order valence-electron chi connectivity index (χ3n) is 2.49. The first-order valence-electron chi connectivity index (χ1n) is 5.57. The van der Waals surface area contributed by atoms with Crippen molar-refractivity contribution in [3.05, 3.63) is 22.5 Å². The molecule has 3 rings (SSSR count). The van der Waals surface area contributed by atoms with E-state index in [-0.39, 0.29) is 0 Å². The molecule has 1 saturated carbocycles. The van der Waals surface area contributed by atoms with E-state index in [4.69, 9.17) is 4.42 Å². The Kier molecular flexibility index (Phi) is 3.02. The molecule has 6 nitrogen and oxygen atoms in total. The number of hydrogen-bond acceptors (Lipinski definition) is 7. The van der Waals surface area contributed by atoms with Gasteiger partial charge in [-0.3, -0.25) is 0 Å². The van der Waals surface area contributed by atoms with Crippen LogP contribution in [0, 0.1) is 0 Å². The third-order valence-corrected chi connectivity index (χ3v) is 3.13. The lowest BCUT2D eigenvalue weighted by molar-refractivity contribution is 0.475. The molecule has 0 bridgehead atoms. The molecule has 1 aliphatic carbocycles. The molecular formula is C10H13N5OS. The maximum atomic E-state index is 5.44. The van der Waals surface area contributed by atoms with Gasteiger partial charge in [0.05, 0.1) is 24.3 Å². The van der Waals surface area contributed by atoms with E-state index >= 15 is 0 Å². The SMILES string of the molecule is c1nc(CNc2nnc(CNC3CC3)o2)cs1. The van der Waals surface area contributed by atoms with E-state index < -0.39 is 0 Å². The highest BCUT2D eigenvalue weighted by atomic mass is 32.1. The number of anilines is 1. The second kappa shape index (κ2) is 4.80. The normalized spacial score (nSPS) is 15.1. The summed E-state index contributed by atoms with van der Waals surface area (Å²) in [6, 6.07) is 1.10. The van der Waals surface area contributed by atoms with Gasteiger partial charge in [0.25, 0.3) is 0 Å². The van der Waals surface area contributed by atoms with Crippen LogP contribution in [0.15, 0.2) is 15.3 Å². The van der Waals surface area contributed by atoms with Crippen molar-refractivity contribution in [2.45, 2.75) is 32.0 Å². The zero-order valence-corrected chi connectivity index (χ0v) is 10.0. The maximum Gasteiger partial charge on any atom is 0.315 e. The Labute approximate surface area is 102 Å². The van der Waals surface area contributed by atoms with Crippen molar-refractivity contribution >= 4 is 17.4 Å². The standard InChI is InChI=1S/C10H13N5OS/c1-2-7(1)11-4-9-14-15-10(16-9)12-3-8-5-17-6-13-8/h5-7,11H,1-4H2,(H,12,15). The molecule has 0 aromatic carbocycles. The zero-order chi connectivity index (χ0) is 11.5. The van der Waals surface area contributed by atoms with Gasteiger partial charge in [-0.15, -0.1) is 16.4 Å². The van der Waals surface area contributed by atoms with Gasteiger partial charge in [0, 0.05) is 11.4 Å². The van der Waals surface area contributed by atoms with Crippen molar-refractivity contribution in [2.24, 2.45) is 0 Å². The van der Waals surface area contributed by atoms with E-state index in [1.54, 1.807) is 16.8 Å². The molecule has 0 unspecified atom stereocenters. The molecule has 0 spiro atoms. The molecule has 0 atom stereocenters. The molecule has 0 saturated heterocycles. The molecule has 2 N–H and O–H groups in total. The first-order chi connectivity index (χ1) is 8.40. The Bertz CT molecular complexity index is 465. The molecule has 0 radical (unpaired) electrons. The minimum absolute atomic E-state index is 0.450. The van der Waals surface area contributed by atoms with Gasteiger partial charge in [-0.05, 0) is 12.8 Å². The fourth-order valence-corrected chi connectivity index (χ4v) is 1.96. The number of rotatable bonds is 6. The number of nitrogens with zero attached hydrogens (tertiary/aromatic N) is 3. The predicted molar refractivity (Wildman–Crippen MR) is 63.6 cm³/mol. The van der Waals surface area contributed by atoms with Crippen LogP contribution < -0.4 is 10.6 Å². The molecule has 7 heteroatoms. The topological polar surface area (TPSA) is 75.9 Å². The smallest absolute Gasteiger partial charge is 0.315 e. The van der Waals surface area contributed by atoms with Crippen LogP contribution in [0.25, 0.3) is 0 Å². The summed E-state index contributed by atoms with van der Waals surface area (Å²) in [4.78, 5) is 4.16. The number of hydrogen-bond donors (Lipinski definition) is 2. The van der Waals surface area contributed by atoms with Crippen LogP contribution in [0.1, 0.15) is 24.4 Å². The van der Waals surface area contributed by atoms with Gasteiger partial charge in [-0.25, -0.2) is 4.98 Å². The van der Waals surface area contributed by atoms with E-state index in [9.17, 15) is 0 Å². The molecule has 0 aliphatic heterocycles. The lowest BCUT2D eigenvalue weighted by atomic mass is 10.5. The highest BCUT2D eigenvalue weighted by Gasteiger charge is 2.21. The molecule has 2 aromatic rings. The van der Waals surface area contributed by atoms with Crippen molar-refractivity contribution in [3.63, 3.8) is 0 Å². The van der Waals surface area contributed by atoms with Crippen LogP contribution in [0.3, 0.4) is 0 Å². The largest absolute Gasteiger partial charge is 0.407 e. The molecule has 2 heterocycles. The third kappa shape index (κ3) is 3.01. The average Bonchev–Trinajstić information content (AvgIpc) is 2.86. The van der Waals surface area contributed by atoms with Crippen LogP contribution in [0.5, 0.6) is 0 Å². The van der Waals surface area contributed by atoms with Gasteiger partial charge >= 0.3 is 6.01 Å². The van der Waals surface area contributed by atoms with Gasteiger partial charge in [0.15, 0.2) is 0 Å². The Morgan fingerprint density at radius 2 is 2.29 bits per heavy atom. The second-order valence-corrected chi connectivity index (χ2v) is 4.71. The minimum atomic E-state index is 0.450. The highest BCUT2D eigenvalue weighted by Crippen LogP contribution is 2.19. The van der Waals surface area contributed by atoms with Crippen LogP contribution in [-0.2, 0) is 13.1 Å². The van der Waals surface area contributed by atoms with Crippen molar-refractivity contribution in [1.29, 1.82) is 0 Å². The van der Waals surface area contributed by atoms with E-state index in [0.29, 0.717) is 31.0 Å². The summed E-state index contributed by atoms with van der Waals surface area (Å²) in [5.74, 6) is 0.623. The second-order valence-electron chi connectivity index (χ2n) is 3.99. The summed E-state index contributed by atoms with van der Waals surface area (Å²) >= 11 is 1.57. The first-order valence-corrected chi connectivity index (χ1v) is 6.51. The quantitative estimate of drug-likeness (QED) is 0.808. The van der Waals surface area contributed by atoms with Crippen LogP contribution >= 0.6 is 11.3 Å². The molecule has 1 fully saturated rings. The summed E-state index contributed by atoms with van der Waals surface area (Å²) in [5.41, 5.74) is 2.78.